The lowest BCUT2D eigenvalue weighted by molar-refractivity contribution is 0.0243. The molecule has 1 spiro atoms. The zero-order chi connectivity index (χ0) is 18.7. The Balaban J connectivity index is 1.38. The number of piperidine rings is 2. The van der Waals surface area contributed by atoms with Crippen LogP contribution in [0.2, 0.25) is 0 Å². The molecular weight excluding hydrogens is 344 g/mol. The van der Waals surface area contributed by atoms with Crippen LogP contribution in [0.3, 0.4) is 0 Å². The summed E-state index contributed by atoms with van der Waals surface area (Å²) in [5.74, 6) is 0.855. The largest absolute Gasteiger partial charge is 0.467 e. The summed E-state index contributed by atoms with van der Waals surface area (Å²) in [7, 11) is 1.57. The Hall–Kier alpha value is -2.32. The van der Waals surface area contributed by atoms with Crippen molar-refractivity contribution in [1.82, 2.24) is 24.8 Å². The molecule has 2 aromatic heterocycles. The summed E-state index contributed by atoms with van der Waals surface area (Å²) in [5, 5.41) is 10.5. The third-order valence-electron chi connectivity index (χ3n) is 5.69. The van der Waals surface area contributed by atoms with Gasteiger partial charge in [0, 0.05) is 50.0 Å². The predicted molar refractivity (Wildman–Crippen MR) is 100 cm³/mol. The monoisotopic (exact) mass is 370 g/mol. The van der Waals surface area contributed by atoms with E-state index in [1.165, 1.54) is 0 Å². The molecule has 4 heterocycles. The molecule has 2 aromatic rings. The number of hydrogen-bond donors (Lipinski definition) is 1. The Morgan fingerprint density at radius 2 is 1.93 bits per heavy atom. The molecule has 2 aliphatic rings. The summed E-state index contributed by atoms with van der Waals surface area (Å²) in [4.78, 5) is 21.6. The molecule has 1 atom stereocenters. The smallest absolute Gasteiger partial charge is 0.316 e. The van der Waals surface area contributed by atoms with Crippen LogP contribution in [0.4, 0.5) is 5.82 Å². The van der Waals surface area contributed by atoms with E-state index in [2.05, 4.69) is 29.7 Å². The maximum atomic E-state index is 10.5. The molecule has 1 unspecified atom stereocenters. The van der Waals surface area contributed by atoms with Gasteiger partial charge in [-0.15, -0.1) is 0 Å². The molecule has 144 valence electrons. The minimum atomic E-state index is -0.317. The predicted octanol–water partition coefficient (Wildman–Crippen LogP) is 1.13. The lowest BCUT2D eigenvalue weighted by atomic mass is 9.71. The third kappa shape index (κ3) is 4.17. The van der Waals surface area contributed by atoms with E-state index in [9.17, 15) is 5.11 Å². The van der Waals surface area contributed by atoms with Crippen LogP contribution >= 0.6 is 0 Å². The number of aliphatic hydroxyl groups excluding tert-OH is 1. The maximum absolute atomic E-state index is 10.5. The van der Waals surface area contributed by atoms with Crippen molar-refractivity contribution in [3.8, 4) is 6.01 Å². The molecule has 8 heteroatoms. The van der Waals surface area contributed by atoms with Gasteiger partial charge in [-0.3, -0.25) is 9.88 Å². The molecular formula is C19H26N6O2. The highest BCUT2D eigenvalue weighted by Crippen LogP contribution is 2.41. The van der Waals surface area contributed by atoms with Crippen molar-refractivity contribution in [2.75, 3.05) is 38.2 Å². The van der Waals surface area contributed by atoms with Crippen LogP contribution in [-0.2, 0) is 6.54 Å². The van der Waals surface area contributed by atoms with E-state index in [0.717, 1.165) is 56.8 Å². The average molecular weight is 370 g/mol. The summed E-state index contributed by atoms with van der Waals surface area (Å²) in [5.41, 5.74) is 1.24. The van der Waals surface area contributed by atoms with Crippen LogP contribution in [0, 0.1) is 5.41 Å². The van der Waals surface area contributed by atoms with E-state index in [1.54, 1.807) is 25.7 Å². The van der Waals surface area contributed by atoms with Gasteiger partial charge < -0.3 is 14.7 Å². The molecule has 2 saturated heterocycles. The highest BCUT2D eigenvalue weighted by molar-refractivity contribution is 5.37. The summed E-state index contributed by atoms with van der Waals surface area (Å²) >= 11 is 0. The van der Waals surface area contributed by atoms with Crippen molar-refractivity contribution in [2.24, 2.45) is 5.41 Å². The molecule has 0 saturated carbocycles. The van der Waals surface area contributed by atoms with Crippen molar-refractivity contribution in [2.45, 2.75) is 31.9 Å². The first-order chi connectivity index (χ1) is 13.2. The molecule has 0 radical (unpaired) electrons. The molecule has 0 amide bonds. The zero-order valence-electron chi connectivity index (χ0n) is 15.7. The first-order valence-electron chi connectivity index (χ1n) is 9.42. The summed E-state index contributed by atoms with van der Waals surface area (Å²) < 4.78 is 5.02. The van der Waals surface area contributed by atoms with E-state index in [0.29, 0.717) is 12.6 Å². The highest BCUT2D eigenvalue weighted by Gasteiger charge is 2.41. The summed E-state index contributed by atoms with van der Waals surface area (Å²) in [6.45, 7) is 4.42. The molecule has 0 aromatic carbocycles. The van der Waals surface area contributed by atoms with Crippen LogP contribution in [0.1, 0.15) is 24.8 Å². The number of hydrogen-bond acceptors (Lipinski definition) is 8. The molecule has 0 bridgehead atoms. The van der Waals surface area contributed by atoms with Crippen molar-refractivity contribution in [1.29, 1.82) is 0 Å². The Kier molecular flexibility index (Phi) is 5.18. The number of rotatable bonds is 4. The first kappa shape index (κ1) is 18.1. The first-order valence-corrected chi connectivity index (χ1v) is 9.42. The SMILES string of the molecule is COc1ncc(CN2CCC3(CC2)CC(O)CN(c2cnccn2)C3)cn1. The number of aromatic nitrogens is 4. The minimum Gasteiger partial charge on any atom is -0.467 e. The molecule has 8 nitrogen and oxygen atoms in total. The van der Waals surface area contributed by atoms with Crippen LogP contribution in [0.15, 0.2) is 31.0 Å². The molecule has 0 aliphatic carbocycles. The number of nitrogens with zero attached hydrogens (tertiary/aromatic N) is 6. The number of aliphatic hydroxyl groups is 1. The van der Waals surface area contributed by atoms with Crippen molar-refractivity contribution >= 4 is 5.82 Å². The normalized spacial score (nSPS) is 22.7. The van der Waals surface area contributed by atoms with E-state index >= 15 is 0 Å². The van der Waals surface area contributed by atoms with E-state index in [4.69, 9.17) is 4.74 Å². The number of methoxy groups -OCH3 is 1. The average Bonchev–Trinajstić information content (AvgIpc) is 2.71. The van der Waals surface area contributed by atoms with Crippen molar-refractivity contribution in [3.05, 3.63) is 36.5 Å². The topological polar surface area (TPSA) is 87.5 Å². The molecule has 2 fully saturated rings. The van der Waals surface area contributed by atoms with Gasteiger partial charge in [0.1, 0.15) is 5.82 Å². The fourth-order valence-electron chi connectivity index (χ4n) is 4.32. The van der Waals surface area contributed by atoms with Gasteiger partial charge in [0.2, 0.25) is 0 Å². The van der Waals surface area contributed by atoms with Crippen LogP contribution in [-0.4, -0.2) is 69.3 Å². The van der Waals surface area contributed by atoms with Gasteiger partial charge in [0.15, 0.2) is 0 Å². The van der Waals surface area contributed by atoms with Crippen LogP contribution < -0.4 is 9.64 Å². The van der Waals surface area contributed by atoms with Crippen LogP contribution in [0.5, 0.6) is 6.01 Å². The van der Waals surface area contributed by atoms with Gasteiger partial charge in [-0.05, 0) is 37.8 Å². The standard InChI is InChI=1S/C19H26N6O2/c1-27-18-22-9-15(10-23-18)12-24-6-2-19(3-7-24)8-16(26)13-25(14-19)17-11-20-4-5-21-17/h4-5,9-11,16,26H,2-3,6-8,12-14H2,1H3. The Bertz CT molecular complexity index is 734. The Morgan fingerprint density at radius 1 is 1.15 bits per heavy atom. The van der Waals surface area contributed by atoms with Gasteiger partial charge in [-0.2, -0.15) is 0 Å². The lowest BCUT2D eigenvalue weighted by Gasteiger charge is -2.49. The maximum Gasteiger partial charge on any atom is 0.316 e. The fraction of sp³-hybridized carbons (Fsp3) is 0.579. The minimum absolute atomic E-state index is 0.141. The Morgan fingerprint density at radius 3 is 2.59 bits per heavy atom. The number of anilines is 1. The van der Waals surface area contributed by atoms with E-state index < -0.39 is 0 Å². The van der Waals surface area contributed by atoms with E-state index in [-0.39, 0.29) is 11.5 Å². The number of ether oxygens (including phenoxy) is 1. The highest BCUT2D eigenvalue weighted by atomic mass is 16.5. The summed E-state index contributed by atoms with van der Waals surface area (Å²) in [6, 6.07) is 0.400. The second-order valence-electron chi connectivity index (χ2n) is 7.66. The lowest BCUT2D eigenvalue weighted by Crippen LogP contribution is -2.54. The molecule has 27 heavy (non-hydrogen) atoms. The Labute approximate surface area is 159 Å². The quantitative estimate of drug-likeness (QED) is 0.857. The van der Waals surface area contributed by atoms with Gasteiger partial charge in [-0.1, -0.05) is 0 Å². The second-order valence-corrected chi connectivity index (χ2v) is 7.66. The second kappa shape index (κ2) is 7.74. The van der Waals surface area contributed by atoms with Gasteiger partial charge in [-0.25, -0.2) is 15.0 Å². The third-order valence-corrected chi connectivity index (χ3v) is 5.69. The van der Waals surface area contributed by atoms with Gasteiger partial charge >= 0.3 is 6.01 Å². The molecule has 4 rings (SSSR count). The van der Waals surface area contributed by atoms with E-state index in [1.807, 2.05) is 12.4 Å². The molecule has 2 aliphatic heterocycles. The zero-order valence-corrected chi connectivity index (χ0v) is 15.7. The van der Waals surface area contributed by atoms with Crippen LogP contribution in [0.25, 0.3) is 0 Å². The summed E-state index contributed by atoms with van der Waals surface area (Å²) in [6.07, 6.45) is 11.5. The molecule has 1 N–H and O–H groups in total. The van der Waals surface area contributed by atoms with Crippen molar-refractivity contribution in [3.63, 3.8) is 0 Å². The van der Waals surface area contributed by atoms with Gasteiger partial charge in [0.05, 0.1) is 19.4 Å². The number of β-amino-alcohol motifs (C(OH)–C–C–N with tert-alkyl or cyclic N) is 1. The van der Waals surface area contributed by atoms with Gasteiger partial charge in [0.25, 0.3) is 0 Å². The fourth-order valence-corrected chi connectivity index (χ4v) is 4.32. The number of likely N-dealkylation sites (tertiary alicyclic amines) is 1. The van der Waals surface area contributed by atoms with Crippen molar-refractivity contribution < 1.29 is 9.84 Å².